The van der Waals surface area contributed by atoms with E-state index in [2.05, 4.69) is 37.8 Å². The quantitative estimate of drug-likeness (QED) is 0.288. The van der Waals surface area contributed by atoms with Crippen LogP contribution in [0.25, 0.3) is 0 Å². The van der Waals surface area contributed by atoms with Gasteiger partial charge in [0.05, 0.1) is 0 Å². The van der Waals surface area contributed by atoms with Gasteiger partial charge in [-0.2, -0.15) is 0 Å². The van der Waals surface area contributed by atoms with E-state index in [1.54, 1.807) is 0 Å². The monoisotopic (exact) mass is 178 g/mol. The maximum atomic E-state index is 3.69. The number of hydrogen-bond acceptors (Lipinski definition) is 0. The van der Waals surface area contributed by atoms with E-state index in [9.17, 15) is 0 Å². The number of allylic oxidation sites excluding steroid dienone is 5. The molecule has 0 amide bonds. The molecule has 0 radical (unpaired) electrons. The Morgan fingerprint density at radius 1 is 0.923 bits per heavy atom. The molecule has 0 bridgehead atoms. The Hall–Kier alpha value is -0.780. The van der Waals surface area contributed by atoms with Crippen molar-refractivity contribution in [1.82, 2.24) is 0 Å². The largest absolute Gasteiger partial charge is 0.103 e. The third kappa shape index (κ3) is 11.2. The van der Waals surface area contributed by atoms with E-state index in [1.165, 1.54) is 32.1 Å². The van der Waals surface area contributed by atoms with Crippen LogP contribution >= 0.6 is 0 Å². The topological polar surface area (TPSA) is 0 Å². The fourth-order valence-electron chi connectivity index (χ4n) is 1.05. The van der Waals surface area contributed by atoms with Crippen LogP contribution in [0.4, 0.5) is 0 Å². The molecule has 74 valence electrons. The molecule has 0 aromatic carbocycles. The van der Waals surface area contributed by atoms with Crippen LogP contribution in [0.5, 0.6) is 0 Å². The van der Waals surface area contributed by atoms with Crippen molar-refractivity contribution in [1.29, 1.82) is 0 Å². The summed E-state index contributed by atoms with van der Waals surface area (Å²) in [6.45, 7) is 5.91. The summed E-state index contributed by atoms with van der Waals surface area (Å²) in [5.74, 6) is 0. The van der Waals surface area contributed by atoms with E-state index < -0.39 is 0 Å². The van der Waals surface area contributed by atoms with Gasteiger partial charge in [-0.05, 0) is 25.7 Å². The molecule has 0 unspecified atom stereocenters. The van der Waals surface area contributed by atoms with Crippen molar-refractivity contribution in [3.05, 3.63) is 37.0 Å². The van der Waals surface area contributed by atoms with Gasteiger partial charge in [0.25, 0.3) is 0 Å². The van der Waals surface area contributed by atoms with Crippen molar-refractivity contribution in [3.63, 3.8) is 0 Å². The Bertz CT molecular complexity index is 151. The molecule has 0 aromatic heterocycles. The predicted octanol–water partition coefficient (Wildman–Crippen LogP) is 4.65. The second kappa shape index (κ2) is 11.2. The first kappa shape index (κ1) is 12.2. The Labute approximate surface area is 83.0 Å². The molecule has 0 rings (SSSR count). The third-order valence-corrected chi connectivity index (χ3v) is 1.89. The molecule has 0 atom stereocenters. The van der Waals surface area contributed by atoms with E-state index in [-0.39, 0.29) is 0 Å². The van der Waals surface area contributed by atoms with Crippen LogP contribution in [0.2, 0.25) is 0 Å². The molecule has 0 heterocycles. The number of hydrogen-bond donors (Lipinski definition) is 0. The normalized spacial score (nSPS) is 11.5. The first-order valence-corrected chi connectivity index (χ1v) is 5.34. The van der Waals surface area contributed by atoms with Crippen molar-refractivity contribution >= 4 is 0 Å². The van der Waals surface area contributed by atoms with E-state index in [4.69, 9.17) is 0 Å². The molecule has 0 aromatic rings. The first-order chi connectivity index (χ1) is 6.41. The van der Waals surface area contributed by atoms with Crippen molar-refractivity contribution in [2.24, 2.45) is 0 Å². The molecule has 0 aliphatic carbocycles. The van der Waals surface area contributed by atoms with E-state index in [0.29, 0.717) is 0 Å². The Morgan fingerprint density at radius 2 is 1.54 bits per heavy atom. The first-order valence-electron chi connectivity index (χ1n) is 5.34. The zero-order valence-corrected chi connectivity index (χ0v) is 8.84. The Balaban J connectivity index is 3.19. The van der Waals surface area contributed by atoms with Crippen molar-refractivity contribution < 1.29 is 0 Å². The lowest BCUT2D eigenvalue weighted by Gasteiger charge is -1.88. The molecule has 0 aliphatic rings. The maximum Gasteiger partial charge on any atom is -0.0345 e. The summed E-state index contributed by atoms with van der Waals surface area (Å²) in [4.78, 5) is 0. The standard InChI is InChI=1S/C13H22/c1-3-5-7-9-11-13-12-10-8-6-4-2/h3,10-13H,1,4-9H2,2H3. The highest BCUT2D eigenvalue weighted by Gasteiger charge is 1.78. The summed E-state index contributed by atoms with van der Waals surface area (Å²) < 4.78 is 0. The van der Waals surface area contributed by atoms with Gasteiger partial charge in [-0.3, -0.25) is 0 Å². The minimum Gasteiger partial charge on any atom is -0.103 e. The van der Waals surface area contributed by atoms with Crippen LogP contribution in [-0.4, -0.2) is 0 Å². The summed E-state index contributed by atoms with van der Waals surface area (Å²) in [6.07, 6.45) is 18.1. The van der Waals surface area contributed by atoms with Gasteiger partial charge in [-0.15, -0.1) is 6.58 Å². The van der Waals surface area contributed by atoms with E-state index in [1.807, 2.05) is 6.08 Å². The summed E-state index contributed by atoms with van der Waals surface area (Å²) in [5.41, 5.74) is 0. The minimum absolute atomic E-state index is 1.13. The summed E-state index contributed by atoms with van der Waals surface area (Å²) in [6, 6.07) is 0. The van der Waals surface area contributed by atoms with E-state index >= 15 is 0 Å². The highest BCUT2D eigenvalue weighted by Crippen LogP contribution is 1.98. The number of unbranched alkanes of at least 4 members (excludes halogenated alkanes) is 4. The van der Waals surface area contributed by atoms with Gasteiger partial charge in [-0.25, -0.2) is 0 Å². The predicted molar refractivity (Wildman–Crippen MR) is 61.9 cm³/mol. The average Bonchev–Trinajstić information content (AvgIpc) is 2.16. The molecule has 0 N–H and O–H groups in total. The lowest BCUT2D eigenvalue weighted by Crippen LogP contribution is -1.67. The SMILES string of the molecule is C=CCCCC=CC=CCCCC. The minimum atomic E-state index is 1.13. The van der Waals surface area contributed by atoms with Crippen LogP contribution in [0.1, 0.15) is 45.4 Å². The van der Waals surface area contributed by atoms with Crippen LogP contribution in [0.15, 0.2) is 37.0 Å². The molecule has 0 aliphatic heterocycles. The fourth-order valence-corrected chi connectivity index (χ4v) is 1.05. The Kier molecular flexibility index (Phi) is 10.5. The van der Waals surface area contributed by atoms with Gasteiger partial charge in [0.2, 0.25) is 0 Å². The zero-order chi connectivity index (χ0) is 9.78. The van der Waals surface area contributed by atoms with Crippen molar-refractivity contribution in [2.45, 2.75) is 45.4 Å². The zero-order valence-electron chi connectivity index (χ0n) is 8.84. The molecule has 0 fully saturated rings. The second-order valence-electron chi connectivity index (χ2n) is 3.22. The highest BCUT2D eigenvalue weighted by molar-refractivity contribution is 5.02. The molecular weight excluding hydrogens is 156 g/mol. The lowest BCUT2D eigenvalue weighted by molar-refractivity contribution is 0.814. The van der Waals surface area contributed by atoms with Gasteiger partial charge in [0.15, 0.2) is 0 Å². The van der Waals surface area contributed by atoms with Crippen LogP contribution in [0, 0.1) is 0 Å². The second-order valence-corrected chi connectivity index (χ2v) is 3.22. The van der Waals surface area contributed by atoms with E-state index in [0.717, 1.165) is 6.42 Å². The summed E-state index contributed by atoms with van der Waals surface area (Å²) in [5, 5.41) is 0. The van der Waals surface area contributed by atoms with Crippen LogP contribution in [-0.2, 0) is 0 Å². The Morgan fingerprint density at radius 3 is 2.08 bits per heavy atom. The van der Waals surface area contributed by atoms with Crippen LogP contribution < -0.4 is 0 Å². The molecule has 0 saturated carbocycles. The van der Waals surface area contributed by atoms with Gasteiger partial charge in [0.1, 0.15) is 0 Å². The van der Waals surface area contributed by atoms with Crippen LogP contribution in [0.3, 0.4) is 0 Å². The molecular formula is C13H22. The van der Waals surface area contributed by atoms with Gasteiger partial charge < -0.3 is 0 Å². The van der Waals surface area contributed by atoms with Crippen molar-refractivity contribution in [2.75, 3.05) is 0 Å². The lowest BCUT2D eigenvalue weighted by atomic mass is 10.2. The van der Waals surface area contributed by atoms with Gasteiger partial charge >= 0.3 is 0 Å². The molecule has 0 saturated heterocycles. The fraction of sp³-hybridized carbons (Fsp3) is 0.538. The maximum absolute atomic E-state index is 3.69. The summed E-state index contributed by atoms with van der Waals surface area (Å²) >= 11 is 0. The molecule has 0 spiro atoms. The highest BCUT2D eigenvalue weighted by atomic mass is 13.8. The van der Waals surface area contributed by atoms with Gasteiger partial charge in [-0.1, -0.05) is 50.1 Å². The molecule has 0 heteroatoms. The summed E-state index contributed by atoms with van der Waals surface area (Å²) in [7, 11) is 0. The third-order valence-electron chi connectivity index (χ3n) is 1.89. The molecule has 0 nitrogen and oxygen atoms in total. The van der Waals surface area contributed by atoms with Gasteiger partial charge in [0, 0.05) is 0 Å². The smallest absolute Gasteiger partial charge is 0.0345 e. The molecule has 13 heavy (non-hydrogen) atoms. The number of rotatable bonds is 8. The van der Waals surface area contributed by atoms with Crippen molar-refractivity contribution in [3.8, 4) is 0 Å². The average molecular weight is 178 g/mol.